The summed E-state index contributed by atoms with van der Waals surface area (Å²) in [5.41, 5.74) is 4.10. The van der Waals surface area contributed by atoms with E-state index in [2.05, 4.69) is 5.43 Å². The average molecular weight is 278 g/mol. The second-order valence-electron chi connectivity index (χ2n) is 4.50. The monoisotopic (exact) mass is 278 g/mol. The molecular weight excluding hydrogens is 262 g/mol. The molecule has 0 heterocycles. The molecule has 0 fully saturated rings. The van der Waals surface area contributed by atoms with Crippen molar-refractivity contribution in [2.24, 2.45) is 5.84 Å². The SMILES string of the molecule is COc1ccc(C(NN)c2ccc(F)c(C)c2)c(F)c1. The van der Waals surface area contributed by atoms with Gasteiger partial charge < -0.3 is 4.74 Å². The highest BCUT2D eigenvalue weighted by Crippen LogP contribution is 2.27. The maximum absolute atomic E-state index is 14.1. The molecule has 2 aromatic carbocycles. The van der Waals surface area contributed by atoms with Gasteiger partial charge in [0.2, 0.25) is 0 Å². The lowest BCUT2D eigenvalue weighted by Gasteiger charge is -2.18. The molecule has 0 aromatic heterocycles. The average Bonchev–Trinajstić information content (AvgIpc) is 2.45. The van der Waals surface area contributed by atoms with Gasteiger partial charge in [-0.05, 0) is 30.2 Å². The topological polar surface area (TPSA) is 47.3 Å². The number of nitrogens with one attached hydrogen (secondary N) is 1. The minimum atomic E-state index is -0.555. The number of benzene rings is 2. The van der Waals surface area contributed by atoms with Gasteiger partial charge in [0.25, 0.3) is 0 Å². The van der Waals surface area contributed by atoms with E-state index < -0.39 is 11.9 Å². The van der Waals surface area contributed by atoms with E-state index in [0.717, 1.165) is 0 Å². The lowest BCUT2D eigenvalue weighted by Crippen LogP contribution is -2.29. The van der Waals surface area contributed by atoms with Crippen LogP contribution in [0.5, 0.6) is 5.75 Å². The number of hydrogen-bond acceptors (Lipinski definition) is 3. The van der Waals surface area contributed by atoms with E-state index >= 15 is 0 Å². The number of hydrazine groups is 1. The molecule has 0 aliphatic heterocycles. The van der Waals surface area contributed by atoms with Gasteiger partial charge in [-0.15, -0.1) is 0 Å². The van der Waals surface area contributed by atoms with Crippen LogP contribution in [-0.2, 0) is 0 Å². The van der Waals surface area contributed by atoms with Gasteiger partial charge in [0.1, 0.15) is 17.4 Å². The van der Waals surface area contributed by atoms with Crippen LogP contribution in [0.15, 0.2) is 36.4 Å². The Hall–Kier alpha value is -1.98. The molecule has 106 valence electrons. The lowest BCUT2D eigenvalue weighted by atomic mass is 9.97. The first kappa shape index (κ1) is 14.4. The quantitative estimate of drug-likeness (QED) is 0.668. The van der Waals surface area contributed by atoms with Crippen LogP contribution in [0, 0.1) is 18.6 Å². The van der Waals surface area contributed by atoms with Crippen molar-refractivity contribution in [1.82, 2.24) is 5.43 Å². The van der Waals surface area contributed by atoms with Crippen LogP contribution in [0.3, 0.4) is 0 Å². The van der Waals surface area contributed by atoms with Crippen LogP contribution in [0.25, 0.3) is 0 Å². The predicted molar refractivity (Wildman–Crippen MR) is 73.3 cm³/mol. The van der Waals surface area contributed by atoms with Crippen LogP contribution in [0.2, 0.25) is 0 Å². The molecule has 20 heavy (non-hydrogen) atoms. The second kappa shape index (κ2) is 5.98. The van der Waals surface area contributed by atoms with Gasteiger partial charge in [-0.2, -0.15) is 0 Å². The van der Waals surface area contributed by atoms with Crippen LogP contribution in [0.1, 0.15) is 22.7 Å². The van der Waals surface area contributed by atoms with E-state index in [1.165, 1.54) is 19.2 Å². The number of halogens is 2. The molecule has 1 unspecified atom stereocenters. The molecule has 0 bridgehead atoms. The molecule has 0 aliphatic carbocycles. The summed E-state index contributed by atoms with van der Waals surface area (Å²) in [6.07, 6.45) is 0. The number of nitrogens with two attached hydrogens (primary N) is 1. The van der Waals surface area contributed by atoms with Crippen molar-refractivity contribution in [1.29, 1.82) is 0 Å². The van der Waals surface area contributed by atoms with Crippen molar-refractivity contribution in [3.05, 3.63) is 64.7 Å². The third kappa shape index (κ3) is 2.79. The first-order chi connectivity index (χ1) is 9.56. The highest BCUT2D eigenvalue weighted by atomic mass is 19.1. The molecular formula is C15H16F2N2O. The zero-order valence-corrected chi connectivity index (χ0v) is 11.3. The van der Waals surface area contributed by atoms with E-state index in [-0.39, 0.29) is 5.82 Å². The number of hydrogen-bond donors (Lipinski definition) is 2. The minimum absolute atomic E-state index is 0.306. The first-order valence-corrected chi connectivity index (χ1v) is 6.12. The third-order valence-corrected chi connectivity index (χ3v) is 3.20. The van der Waals surface area contributed by atoms with Gasteiger partial charge in [-0.25, -0.2) is 14.2 Å². The molecule has 3 nitrogen and oxygen atoms in total. The van der Waals surface area contributed by atoms with Crippen LogP contribution >= 0.6 is 0 Å². The van der Waals surface area contributed by atoms with Gasteiger partial charge in [-0.3, -0.25) is 5.84 Å². The zero-order valence-electron chi connectivity index (χ0n) is 11.3. The summed E-state index contributed by atoms with van der Waals surface area (Å²) in [5.74, 6) is 5.21. The van der Waals surface area contributed by atoms with Crippen LogP contribution in [0.4, 0.5) is 8.78 Å². The summed E-state index contributed by atoms with van der Waals surface area (Å²) in [4.78, 5) is 0. The van der Waals surface area contributed by atoms with Gasteiger partial charge in [0.15, 0.2) is 0 Å². The van der Waals surface area contributed by atoms with Crippen molar-refractivity contribution in [2.75, 3.05) is 7.11 Å². The molecule has 1 atom stereocenters. The van der Waals surface area contributed by atoms with E-state index in [1.54, 1.807) is 31.2 Å². The van der Waals surface area contributed by atoms with E-state index in [4.69, 9.17) is 10.6 Å². The van der Waals surface area contributed by atoms with Crippen molar-refractivity contribution in [3.8, 4) is 5.75 Å². The van der Waals surface area contributed by atoms with Crippen LogP contribution in [-0.4, -0.2) is 7.11 Å². The molecule has 2 rings (SSSR count). The van der Waals surface area contributed by atoms with Gasteiger partial charge >= 0.3 is 0 Å². The predicted octanol–water partition coefficient (Wildman–Crippen LogP) is 2.83. The molecule has 0 spiro atoms. The van der Waals surface area contributed by atoms with Gasteiger partial charge in [-0.1, -0.05) is 18.2 Å². The molecule has 0 amide bonds. The standard InChI is InChI=1S/C15H16F2N2O/c1-9-7-10(3-6-13(9)16)15(19-18)12-5-4-11(20-2)8-14(12)17/h3-8,15,19H,18H2,1-2H3. The number of rotatable bonds is 4. The van der Waals surface area contributed by atoms with Crippen molar-refractivity contribution >= 4 is 0 Å². The fraction of sp³-hybridized carbons (Fsp3) is 0.200. The maximum atomic E-state index is 14.1. The largest absolute Gasteiger partial charge is 0.497 e. The summed E-state index contributed by atoms with van der Waals surface area (Å²) in [7, 11) is 1.47. The first-order valence-electron chi connectivity index (χ1n) is 6.12. The Morgan fingerprint density at radius 3 is 2.40 bits per heavy atom. The number of ether oxygens (including phenoxy) is 1. The third-order valence-electron chi connectivity index (χ3n) is 3.20. The summed E-state index contributed by atoms with van der Waals surface area (Å²) in [6.45, 7) is 1.65. The molecule has 0 saturated carbocycles. The molecule has 0 radical (unpaired) electrons. The van der Waals surface area contributed by atoms with Crippen molar-refractivity contribution < 1.29 is 13.5 Å². The highest BCUT2D eigenvalue weighted by molar-refractivity contribution is 5.38. The molecule has 3 N–H and O–H groups in total. The summed E-state index contributed by atoms with van der Waals surface area (Å²) in [5, 5.41) is 0. The normalized spacial score (nSPS) is 12.2. The number of aryl methyl sites for hydroxylation is 1. The Morgan fingerprint density at radius 2 is 1.85 bits per heavy atom. The summed E-state index contributed by atoms with van der Waals surface area (Å²) in [6, 6.07) is 8.54. The Balaban J connectivity index is 2.43. The summed E-state index contributed by atoms with van der Waals surface area (Å²) >= 11 is 0. The molecule has 5 heteroatoms. The molecule has 0 saturated heterocycles. The Morgan fingerprint density at radius 1 is 1.10 bits per heavy atom. The Labute approximate surface area is 116 Å². The molecule has 0 aliphatic rings. The zero-order chi connectivity index (χ0) is 14.7. The fourth-order valence-corrected chi connectivity index (χ4v) is 2.08. The van der Waals surface area contributed by atoms with Crippen molar-refractivity contribution in [2.45, 2.75) is 13.0 Å². The van der Waals surface area contributed by atoms with Gasteiger partial charge in [0, 0.05) is 11.6 Å². The fourth-order valence-electron chi connectivity index (χ4n) is 2.08. The maximum Gasteiger partial charge on any atom is 0.132 e. The number of methoxy groups -OCH3 is 1. The van der Waals surface area contributed by atoms with E-state index in [1.807, 2.05) is 0 Å². The second-order valence-corrected chi connectivity index (χ2v) is 4.50. The van der Waals surface area contributed by atoms with Crippen molar-refractivity contribution in [3.63, 3.8) is 0 Å². The minimum Gasteiger partial charge on any atom is -0.497 e. The van der Waals surface area contributed by atoms with Crippen LogP contribution < -0.4 is 16.0 Å². The Bertz CT molecular complexity index is 617. The highest BCUT2D eigenvalue weighted by Gasteiger charge is 2.18. The molecule has 2 aromatic rings. The smallest absolute Gasteiger partial charge is 0.132 e. The Kier molecular flexibility index (Phi) is 4.32. The van der Waals surface area contributed by atoms with Gasteiger partial charge in [0.05, 0.1) is 13.2 Å². The van der Waals surface area contributed by atoms with E-state index in [0.29, 0.717) is 22.4 Å². The van der Waals surface area contributed by atoms with E-state index in [9.17, 15) is 8.78 Å². The lowest BCUT2D eigenvalue weighted by molar-refractivity contribution is 0.410. The summed E-state index contributed by atoms with van der Waals surface area (Å²) < 4.78 is 32.4.